The number of non-ortho nitro benzene ring substituents is 1. The lowest BCUT2D eigenvalue weighted by molar-refractivity contribution is -0.384. The fraction of sp³-hybridized carbons (Fsp3) is 0.176. The van der Waals surface area contributed by atoms with E-state index in [9.17, 15) is 14.9 Å². The van der Waals surface area contributed by atoms with Crippen LogP contribution >= 0.6 is 0 Å². The summed E-state index contributed by atoms with van der Waals surface area (Å²) in [6.45, 7) is 3.70. The van der Waals surface area contributed by atoms with Gasteiger partial charge in [-0.15, -0.1) is 0 Å². The van der Waals surface area contributed by atoms with Crippen LogP contribution in [-0.2, 0) is 4.79 Å². The molecule has 0 unspecified atom stereocenters. The number of nitrogens with one attached hydrogen (secondary N) is 1. The van der Waals surface area contributed by atoms with Crippen molar-refractivity contribution in [2.24, 2.45) is 5.10 Å². The second-order valence-electron chi connectivity index (χ2n) is 5.20. The van der Waals surface area contributed by atoms with E-state index in [1.54, 1.807) is 12.1 Å². The number of amides is 1. The van der Waals surface area contributed by atoms with Crippen molar-refractivity contribution in [1.82, 2.24) is 5.43 Å². The van der Waals surface area contributed by atoms with E-state index < -0.39 is 10.8 Å². The quantitative estimate of drug-likeness (QED) is 0.501. The van der Waals surface area contributed by atoms with Gasteiger partial charge in [-0.1, -0.05) is 12.1 Å². The summed E-state index contributed by atoms with van der Waals surface area (Å²) in [5.41, 5.74) is 4.97. The van der Waals surface area contributed by atoms with Crippen molar-refractivity contribution in [3.8, 4) is 5.75 Å². The lowest BCUT2D eigenvalue weighted by Crippen LogP contribution is -2.24. The maximum Gasteiger partial charge on any atom is 0.277 e. The number of nitro benzene ring substituents is 1. The molecule has 1 amide bonds. The first kappa shape index (κ1) is 17.1. The molecule has 0 spiro atoms. The SMILES string of the molecule is Cc1ccc(C)c(OCC(=O)N/N=C\c2ccc([N+](=O)[O-])cc2)c1. The first-order valence-electron chi connectivity index (χ1n) is 7.22. The Morgan fingerprint density at radius 2 is 1.96 bits per heavy atom. The van der Waals surface area contributed by atoms with Gasteiger partial charge in [0.15, 0.2) is 6.61 Å². The van der Waals surface area contributed by atoms with Gasteiger partial charge in [0.2, 0.25) is 0 Å². The number of hydrazone groups is 1. The average Bonchev–Trinajstić information content (AvgIpc) is 2.56. The Labute approximate surface area is 139 Å². The third-order valence-electron chi connectivity index (χ3n) is 3.21. The Bertz CT molecular complexity index is 770. The summed E-state index contributed by atoms with van der Waals surface area (Å²) in [6.07, 6.45) is 1.40. The molecule has 0 saturated heterocycles. The zero-order valence-electron chi connectivity index (χ0n) is 13.4. The maximum absolute atomic E-state index is 11.7. The molecule has 2 aromatic carbocycles. The van der Waals surface area contributed by atoms with Crippen LogP contribution in [0.1, 0.15) is 16.7 Å². The van der Waals surface area contributed by atoms with E-state index in [4.69, 9.17) is 4.74 Å². The van der Waals surface area contributed by atoms with Gasteiger partial charge in [-0.25, -0.2) is 5.43 Å². The third-order valence-corrected chi connectivity index (χ3v) is 3.21. The molecule has 0 saturated carbocycles. The predicted octanol–water partition coefficient (Wildman–Crippen LogP) is 2.74. The lowest BCUT2D eigenvalue weighted by atomic mass is 10.1. The van der Waals surface area contributed by atoms with Crippen LogP contribution in [0.25, 0.3) is 0 Å². The molecule has 2 rings (SSSR count). The number of carbonyl (C=O) groups excluding carboxylic acids is 1. The van der Waals surface area contributed by atoms with E-state index >= 15 is 0 Å². The molecular formula is C17H17N3O4. The maximum atomic E-state index is 11.7. The summed E-state index contributed by atoms with van der Waals surface area (Å²) >= 11 is 0. The fourth-order valence-corrected chi connectivity index (χ4v) is 1.90. The number of hydrogen-bond acceptors (Lipinski definition) is 5. The number of benzene rings is 2. The number of aryl methyl sites for hydroxylation is 2. The molecule has 0 radical (unpaired) electrons. The number of ether oxygens (including phenoxy) is 1. The molecule has 0 aliphatic rings. The average molecular weight is 327 g/mol. The van der Waals surface area contributed by atoms with Crippen LogP contribution in [0.4, 0.5) is 5.69 Å². The number of rotatable bonds is 6. The summed E-state index contributed by atoms with van der Waals surface area (Å²) in [5.74, 6) is 0.263. The molecule has 124 valence electrons. The molecule has 0 fully saturated rings. The first-order chi connectivity index (χ1) is 11.5. The van der Waals surface area contributed by atoms with Crippen LogP contribution in [-0.4, -0.2) is 23.7 Å². The minimum absolute atomic E-state index is 0.00175. The Morgan fingerprint density at radius 1 is 1.25 bits per heavy atom. The van der Waals surface area contributed by atoms with Crippen LogP contribution in [0.2, 0.25) is 0 Å². The number of nitro groups is 1. The van der Waals surface area contributed by atoms with E-state index in [1.165, 1.54) is 18.3 Å². The molecule has 0 heterocycles. The van der Waals surface area contributed by atoms with Gasteiger partial charge in [-0.2, -0.15) is 5.10 Å². The molecule has 0 aliphatic heterocycles. The number of hydrogen-bond donors (Lipinski definition) is 1. The summed E-state index contributed by atoms with van der Waals surface area (Å²) < 4.78 is 5.46. The highest BCUT2D eigenvalue weighted by Crippen LogP contribution is 2.18. The second-order valence-corrected chi connectivity index (χ2v) is 5.20. The highest BCUT2D eigenvalue weighted by molar-refractivity contribution is 5.83. The van der Waals surface area contributed by atoms with Crippen molar-refractivity contribution in [2.75, 3.05) is 6.61 Å². The van der Waals surface area contributed by atoms with Crippen molar-refractivity contribution in [2.45, 2.75) is 13.8 Å². The van der Waals surface area contributed by atoms with Crippen LogP contribution in [0.5, 0.6) is 5.75 Å². The van der Waals surface area contributed by atoms with Gasteiger partial charge in [0.05, 0.1) is 11.1 Å². The molecule has 0 aliphatic carbocycles. The Hall–Kier alpha value is -3.22. The van der Waals surface area contributed by atoms with Crippen LogP contribution in [0.15, 0.2) is 47.6 Å². The molecule has 24 heavy (non-hydrogen) atoms. The van der Waals surface area contributed by atoms with Gasteiger partial charge in [0.25, 0.3) is 11.6 Å². The monoisotopic (exact) mass is 327 g/mol. The molecule has 7 heteroatoms. The van der Waals surface area contributed by atoms with Crippen molar-refractivity contribution >= 4 is 17.8 Å². The van der Waals surface area contributed by atoms with Crippen molar-refractivity contribution in [3.63, 3.8) is 0 Å². The Balaban J connectivity index is 1.84. The molecular weight excluding hydrogens is 310 g/mol. The van der Waals surface area contributed by atoms with Crippen LogP contribution < -0.4 is 10.2 Å². The molecule has 1 N–H and O–H groups in total. The molecule has 0 atom stereocenters. The summed E-state index contributed by atoms with van der Waals surface area (Å²) in [4.78, 5) is 21.8. The summed E-state index contributed by atoms with van der Waals surface area (Å²) in [5, 5.41) is 14.3. The Morgan fingerprint density at radius 3 is 2.62 bits per heavy atom. The van der Waals surface area contributed by atoms with Crippen molar-refractivity contribution in [3.05, 3.63) is 69.3 Å². The fourth-order valence-electron chi connectivity index (χ4n) is 1.90. The normalized spacial score (nSPS) is 10.6. The second kappa shape index (κ2) is 7.87. The zero-order valence-corrected chi connectivity index (χ0v) is 13.4. The van der Waals surface area contributed by atoms with Gasteiger partial charge in [0, 0.05) is 12.1 Å². The molecule has 0 aromatic heterocycles. The van der Waals surface area contributed by atoms with E-state index in [-0.39, 0.29) is 12.3 Å². The predicted molar refractivity (Wildman–Crippen MR) is 90.2 cm³/mol. The highest BCUT2D eigenvalue weighted by Gasteiger charge is 2.05. The number of carbonyl (C=O) groups is 1. The third kappa shape index (κ3) is 4.91. The van der Waals surface area contributed by atoms with Gasteiger partial charge in [0.1, 0.15) is 5.75 Å². The Kier molecular flexibility index (Phi) is 5.62. The molecule has 2 aromatic rings. The first-order valence-corrected chi connectivity index (χ1v) is 7.22. The van der Waals surface area contributed by atoms with Gasteiger partial charge in [-0.3, -0.25) is 14.9 Å². The van der Waals surface area contributed by atoms with E-state index in [2.05, 4.69) is 10.5 Å². The summed E-state index contributed by atoms with van der Waals surface area (Å²) in [7, 11) is 0. The lowest BCUT2D eigenvalue weighted by Gasteiger charge is -2.08. The minimum Gasteiger partial charge on any atom is -0.483 e. The molecule has 7 nitrogen and oxygen atoms in total. The van der Waals surface area contributed by atoms with E-state index in [0.29, 0.717) is 11.3 Å². The smallest absolute Gasteiger partial charge is 0.277 e. The van der Waals surface area contributed by atoms with E-state index in [1.807, 2.05) is 32.0 Å². The highest BCUT2D eigenvalue weighted by atomic mass is 16.6. The summed E-state index contributed by atoms with van der Waals surface area (Å²) in [6, 6.07) is 11.6. The largest absolute Gasteiger partial charge is 0.483 e. The van der Waals surface area contributed by atoms with Crippen molar-refractivity contribution < 1.29 is 14.5 Å². The van der Waals surface area contributed by atoms with E-state index in [0.717, 1.165) is 11.1 Å². The van der Waals surface area contributed by atoms with Gasteiger partial charge in [-0.05, 0) is 48.7 Å². The van der Waals surface area contributed by atoms with Gasteiger partial charge >= 0.3 is 0 Å². The van der Waals surface area contributed by atoms with Gasteiger partial charge < -0.3 is 4.74 Å². The topological polar surface area (TPSA) is 93.8 Å². The van der Waals surface area contributed by atoms with Crippen LogP contribution in [0.3, 0.4) is 0 Å². The zero-order chi connectivity index (χ0) is 17.5. The van der Waals surface area contributed by atoms with Crippen molar-refractivity contribution in [1.29, 1.82) is 0 Å². The standard InChI is InChI=1S/C17H17N3O4/c1-12-3-4-13(2)16(9-12)24-11-17(21)19-18-10-14-5-7-15(8-6-14)20(22)23/h3-10H,11H2,1-2H3,(H,19,21)/b18-10-. The van der Waals surface area contributed by atoms with Crippen LogP contribution in [0, 0.1) is 24.0 Å². The molecule has 0 bridgehead atoms. The minimum atomic E-state index is -0.479. The number of nitrogens with zero attached hydrogens (tertiary/aromatic N) is 2.